The standard InChI is InChI=1S/C7H7FNO/c1-10-5-7-6(8)3-2-4-9-7/h2,4H,5H2,1H3. The van der Waals surface area contributed by atoms with Gasteiger partial charge in [-0.2, -0.15) is 0 Å². The van der Waals surface area contributed by atoms with E-state index in [1.807, 2.05) is 0 Å². The van der Waals surface area contributed by atoms with Crippen molar-refractivity contribution in [1.29, 1.82) is 0 Å². The van der Waals surface area contributed by atoms with Crippen LogP contribution < -0.4 is 0 Å². The van der Waals surface area contributed by atoms with Gasteiger partial charge in [-0.25, -0.2) is 4.39 Å². The van der Waals surface area contributed by atoms with Gasteiger partial charge in [-0.3, -0.25) is 4.98 Å². The predicted molar refractivity (Wildman–Crippen MR) is 33.7 cm³/mol. The van der Waals surface area contributed by atoms with Crippen LogP contribution in [0.2, 0.25) is 0 Å². The molecule has 0 N–H and O–H groups in total. The minimum absolute atomic E-state index is 0.198. The molecule has 53 valence electrons. The lowest BCUT2D eigenvalue weighted by molar-refractivity contribution is 0.177. The average Bonchev–Trinajstić information content (AvgIpc) is 1.94. The third-order valence-corrected chi connectivity index (χ3v) is 1.05. The zero-order chi connectivity index (χ0) is 7.40. The van der Waals surface area contributed by atoms with Crippen LogP contribution in [0.1, 0.15) is 5.69 Å². The molecule has 1 radical (unpaired) electrons. The van der Waals surface area contributed by atoms with E-state index in [0.29, 0.717) is 5.69 Å². The van der Waals surface area contributed by atoms with Crippen molar-refractivity contribution in [3.63, 3.8) is 0 Å². The Labute approximate surface area is 58.7 Å². The van der Waals surface area contributed by atoms with Gasteiger partial charge in [0.2, 0.25) is 0 Å². The molecule has 0 amide bonds. The fourth-order valence-corrected chi connectivity index (χ4v) is 0.615. The highest BCUT2D eigenvalue weighted by molar-refractivity contribution is 5.03. The maximum Gasteiger partial charge on any atom is 0.155 e. The minimum Gasteiger partial charge on any atom is -0.378 e. The molecule has 0 aliphatic carbocycles. The summed E-state index contributed by atoms with van der Waals surface area (Å²) >= 11 is 0. The van der Waals surface area contributed by atoms with Crippen LogP contribution in [0.25, 0.3) is 0 Å². The summed E-state index contributed by atoms with van der Waals surface area (Å²) in [6, 6.07) is 3.80. The summed E-state index contributed by atoms with van der Waals surface area (Å²) in [6.45, 7) is 0.198. The number of nitrogens with zero attached hydrogens (tertiary/aromatic N) is 1. The first-order valence-corrected chi connectivity index (χ1v) is 2.84. The molecule has 0 fully saturated rings. The maximum atomic E-state index is 12.6. The Hall–Kier alpha value is -0.960. The average molecular weight is 140 g/mol. The third kappa shape index (κ3) is 1.51. The largest absolute Gasteiger partial charge is 0.378 e. The van der Waals surface area contributed by atoms with Crippen LogP contribution >= 0.6 is 0 Å². The van der Waals surface area contributed by atoms with Crippen LogP contribution in [0.5, 0.6) is 0 Å². The SMILES string of the molecule is COCc1ncc[c]c1F. The lowest BCUT2D eigenvalue weighted by atomic mass is 10.3. The zero-order valence-electron chi connectivity index (χ0n) is 5.60. The van der Waals surface area contributed by atoms with Crippen molar-refractivity contribution in [2.24, 2.45) is 0 Å². The molecule has 0 atom stereocenters. The van der Waals surface area contributed by atoms with Crippen LogP contribution in [0, 0.1) is 11.9 Å². The number of halogens is 1. The number of aromatic nitrogens is 1. The summed E-state index contributed by atoms with van der Waals surface area (Å²) in [5.74, 6) is -0.440. The topological polar surface area (TPSA) is 22.1 Å². The number of pyridine rings is 1. The van der Waals surface area contributed by atoms with Crippen LogP contribution in [-0.4, -0.2) is 12.1 Å². The molecule has 0 bridgehead atoms. The highest BCUT2D eigenvalue weighted by Crippen LogP contribution is 2.01. The molecule has 0 saturated carbocycles. The monoisotopic (exact) mass is 140 g/mol. The van der Waals surface area contributed by atoms with Crippen molar-refractivity contribution < 1.29 is 9.13 Å². The Kier molecular flexibility index (Phi) is 2.34. The Morgan fingerprint density at radius 3 is 3.20 bits per heavy atom. The summed E-state index contributed by atoms with van der Waals surface area (Å²) in [7, 11) is 1.49. The molecule has 1 rings (SSSR count). The van der Waals surface area contributed by atoms with Crippen LogP contribution in [0.15, 0.2) is 12.3 Å². The fourth-order valence-electron chi connectivity index (χ4n) is 0.615. The van der Waals surface area contributed by atoms with E-state index in [1.165, 1.54) is 19.4 Å². The Bertz CT molecular complexity index is 215. The van der Waals surface area contributed by atoms with Gasteiger partial charge in [0.15, 0.2) is 5.82 Å². The van der Waals surface area contributed by atoms with Crippen LogP contribution in [0.3, 0.4) is 0 Å². The lowest BCUT2D eigenvalue weighted by Crippen LogP contribution is -1.95. The number of methoxy groups -OCH3 is 1. The van der Waals surface area contributed by atoms with E-state index in [1.54, 1.807) is 0 Å². The molecule has 1 heterocycles. The first-order chi connectivity index (χ1) is 4.84. The first kappa shape index (κ1) is 7.15. The van der Waals surface area contributed by atoms with E-state index >= 15 is 0 Å². The second-order valence-corrected chi connectivity index (χ2v) is 1.78. The molecule has 0 aliphatic heterocycles. The van der Waals surface area contributed by atoms with E-state index in [0.717, 1.165) is 0 Å². The first-order valence-electron chi connectivity index (χ1n) is 2.84. The van der Waals surface area contributed by atoms with Crippen molar-refractivity contribution in [2.75, 3.05) is 7.11 Å². The molecule has 0 aromatic carbocycles. The summed E-state index contributed by atoms with van der Waals surface area (Å²) in [6.07, 6.45) is 1.48. The van der Waals surface area contributed by atoms with Crippen molar-refractivity contribution in [1.82, 2.24) is 4.98 Å². The number of ether oxygens (including phenoxy) is 1. The number of rotatable bonds is 2. The fraction of sp³-hybridized carbons (Fsp3) is 0.286. The molecular weight excluding hydrogens is 133 g/mol. The van der Waals surface area contributed by atoms with Gasteiger partial charge in [0, 0.05) is 19.4 Å². The molecule has 0 spiro atoms. The van der Waals surface area contributed by atoms with Gasteiger partial charge >= 0.3 is 0 Å². The van der Waals surface area contributed by atoms with Gasteiger partial charge in [0.05, 0.1) is 6.61 Å². The second-order valence-electron chi connectivity index (χ2n) is 1.78. The normalized spacial score (nSPS) is 9.80. The molecule has 10 heavy (non-hydrogen) atoms. The third-order valence-electron chi connectivity index (χ3n) is 1.05. The minimum atomic E-state index is -0.440. The Morgan fingerprint density at radius 2 is 2.60 bits per heavy atom. The summed E-state index contributed by atoms with van der Waals surface area (Å²) < 4.78 is 17.3. The van der Waals surface area contributed by atoms with E-state index in [2.05, 4.69) is 15.8 Å². The number of hydrogen-bond acceptors (Lipinski definition) is 2. The van der Waals surface area contributed by atoms with Crippen molar-refractivity contribution in [3.05, 3.63) is 29.8 Å². The molecule has 1 aromatic heterocycles. The van der Waals surface area contributed by atoms with E-state index in [4.69, 9.17) is 0 Å². The van der Waals surface area contributed by atoms with Crippen molar-refractivity contribution in [2.45, 2.75) is 6.61 Å². The second kappa shape index (κ2) is 3.27. The van der Waals surface area contributed by atoms with Gasteiger partial charge in [-0.05, 0) is 6.07 Å². The smallest absolute Gasteiger partial charge is 0.155 e. The molecule has 0 aliphatic rings. The van der Waals surface area contributed by atoms with Gasteiger partial charge in [0.1, 0.15) is 5.69 Å². The Morgan fingerprint density at radius 1 is 1.80 bits per heavy atom. The zero-order valence-corrected chi connectivity index (χ0v) is 5.60. The quantitative estimate of drug-likeness (QED) is 0.615. The van der Waals surface area contributed by atoms with Gasteiger partial charge < -0.3 is 4.74 Å². The highest BCUT2D eigenvalue weighted by Gasteiger charge is 1.99. The van der Waals surface area contributed by atoms with Crippen LogP contribution in [0.4, 0.5) is 4.39 Å². The van der Waals surface area contributed by atoms with E-state index in [9.17, 15) is 4.39 Å². The maximum absolute atomic E-state index is 12.6. The molecular formula is C7H7FNO. The highest BCUT2D eigenvalue weighted by atomic mass is 19.1. The summed E-state index contributed by atoms with van der Waals surface area (Å²) in [5, 5.41) is 0. The van der Waals surface area contributed by atoms with Gasteiger partial charge in [-0.15, -0.1) is 0 Å². The Balaban J connectivity index is 2.81. The van der Waals surface area contributed by atoms with Crippen molar-refractivity contribution >= 4 is 0 Å². The van der Waals surface area contributed by atoms with E-state index in [-0.39, 0.29) is 6.61 Å². The predicted octanol–water partition coefficient (Wildman–Crippen LogP) is 1.17. The van der Waals surface area contributed by atoms with Gasteiger partial charge in [-0.1, -0.05) is 0 Å². The molecule has 2 nitrogen and oxygen atoms in total. The van der Waals surface area contributed by atoms with E-state index < -0.39 is 5.82 Å². The summed E-state index contributed by atoms with van der Waals surface area (Å²) in [5.41, 5.74) is 0.296. The van der Waals surface area contributed by atoms with Gasteiger partial charge in [0.25, 0.3) is 0 Å². The molecule has 3 heteroatoms. The molecule has 1 aromatic rings. The summed E-state index contributed by atoms with van der Waals surface area (Å²) in [4.78, 5) is 3.74. The lowest BCUT2D eigenvalue weighted by Gasteiger charge is -1.97. The molecule has 0 unspecified atom stereocenters. The molecule has 0 saturated heterocycles. The van der Waals surface area contributed by atoms with Crippen molar-refractivity contribution in [3.8, 4) is 0 Å². The number of hydrogen-bond donors (Lipinski definition) is 0. The van der Waals surface area contributed by atoms with Crippen LogP contribution in [-0.2, 0) is 11.3 Å².